The van der Waals surface area contributed by atoms with Gasteiger partial charge < -0.3 is 9.67 Å². The summed E-state index contributed by atoms with van der Waals surface area (Å²) >= 11 is 3.09. The lowest BCUT2D eigenvalue weighted by Gasteiger charge is -2.17. The van der Waals surface area contributed by atoms with Crippen LogP contribution < -0.4 is 0 Å². The van der Waals surface area contributed by atoms with Crippen LogP contribution in [-0.2, 0) is 4.79 Å². The monoisotopic (exact) mass is 274 g/mol. The first-order chi connectivity index (χ1) is 8.08. The van der Waals surface area contributed by atoms with Gasteiger partial charge in [-0.25, -0.2) is 4.98 Å². The molecule has 0 spiro atoms. The molecule has 1 rings (SSSR count). The molecule has 1 atom stereocenters. The lowest BCUT2D eigenvalue weighted by atomic mass is 10.2. The molecule has 17 heavy (non-hydrogen) atoms. The third kappa shape index (κ3) is 4.27. The number of thioether (sulfide) groups is 2. The molecule has 0 saturated carbocycles. The Morgan fingerprint density at radius 1 is 1.65 bits per heavy atom. The number of carbonyl (C=O) groups is 1. The molecule has 0 saturated heterocycles. The van der Waals surface area contributed by atoms with E-state index in [-0.39, 0.29) is 5.75 Å². The van der Waals surface area contributed by atoms with E-state index in [1.807, 2.05) is 13.1 Å². The van der Waals surface area contributed by atoms with Crippen LogP contribution in [0.5, 0.6) is 0 Å². The van der Waals surface area contributed by atoms with Crippen molar-refractivity contribution in [1.29, 1.82) is 0 Å². The zero-order chi connectivity index (χ0) is 12.8. The van der Waals surface area contributed by atoms with Gasteiger partial charge in [0.2, 0.25) is 0 Å². The van der Waals surface area contributed by atoms with Gasteiger partial charge in [0, 0.05) is 18.0 Å². The fourth-order valence-electron chi connectivity index (χ4n) is 1.58. The van der Waals surface area contributed by atoms with Gasteiger partial charge in [-0.15, -0.1) is 0 Å². The number of nitrogens with zero attached hydrogens (tertiary/aromatic N) is 2. The Hall–Kier alpha value is -0.620. The van der Waals surface area contributed by atoms with Crippen molar-refractivity contribution in [2.24, 2.45) is 0 Å². The summed E-state index contributed by atoms with van der Waals surface area (Å²) < 4.78 is 2.11. The van der Waals surface area contributed by atoms with Gasteiger partial charge in [0.1, 0.15) is 0 Å². The fourth-order valence-corrected chi connectivity index (χ4v) is 3.17. The smallest absolute Gasteiger partial charge is 0.313 e. The van der Waals surface area contributed by atoms with E-state index in [0.717, 1.165) is 23.0 Å². The summed E-state index contributed by atoms with van der Waals surface area (Å²) in [5.74, 6) is 0.277. The number of hydrogen-bond donors (Lipinski definition) is 1. The molecule has 96 valence electrons. The Labute approximate surface area is 110 Å². The molecule has 6 heteroatoms. The zero-order valence-electron chi connectivity index (χ0n) is 10.3. The molecule has 1 heterocycles. The Morgan fingerprint density at radius 3 is 2.88 bits per heavy atom. The third-order valence-corrected chi connectivity index (χ3v) is 4.04. The maximum Gasteiger partial charge on any atom is 0.313 e. The van der Waals surface area contributed by atoms with Gasteiger partial charge in [-0.1, -0.05) is 18.7 Å². The van der Waals surface area contributed by atoms with E-state index in [1.165, 1.54) is 11.8 Å². The van der Waals surface area contributed by atoms with Crippen molar-refractivity contribution in [2.45, 2.75) is 31.5 Å². The maximum atomic E-state index is 10.6. The molecule has 0 aliphatic carbocycles. The number of carboxylic acids is 1. The second-order valence-corrected chi connectivity index (χ2v) is 5.63. The highest BCUT2D eigenvalue weighted by molar-refractivity contribution is 7.99. The number of imidazole rings is 1. The molecule has 0 fully saturated rings. The Balaban J connectivity index is 2.85. The average Bonchev–Trinajstić information content (AvgIpc) is 2.64. The number of aromatic nitrogens is 2. The summed E-state index contributed by atoms with van der Waals surface area (Å²) in [4.78, 5) is 15.0. The topological polar surface area (TPSA) is 55.1 Å². The van der Waals surface area contributed by atoms with E-state index in [2.05, 4.69) is 22.7 Å². The standard InChI is InChI=1S/C11H18N2O2S2/c1-4-9(6-16-3)13-5-8(2)12-11(13)17-7-10(14)15/h5,9H,4,6-7H2,1-3H3,(H,14,15). The van der Waals surface area contributed by atoms with Gasteiger partial charge in [0.05, 0.1) is 11.4 Å². The van der Waals surface area contributed by atoms with E-state index in [0.29, 0.717) is 6.04 Å². The third-order valence-electron chi connectivity index (χ3n) is 2.37. The SMILES string of the molecule is CCC(CSC)n1cc(C)nc1SCC(=O)O. The van der Waals surface area contributed by atoms with Gasteiger partial charge >= 0.3 is 5.97 Å². The van der Waals surface area contributed by atoms with Crippen LogP contribution in [0.15, 0.2) is 11.4 Å². The predicted octanol–water partition coefficient (Wildman–Crippen LogP) is 2.68. The van der Waals surface area contributed by atoms with Crippen molar-refractivity contribution >= 4 is 29.5 Å². The van der Waals surface area contributed by atoms with Crippen molar-refractivity contribution in [3.05, 3.63) is 11.9 Å². The number of rotatable bonds is 7. The van der Waals surface area contributed by atoms with Gasteiger partial charge in [-0.3, -0.25) is 4.79 Å². The summed E-state index contributed by atoms with van der Waals surface area (Å²) in [6, 6.07) is 0.391. The van der Waals surface area contributed by atoms with E-state index in [4.69, 9.17) is 5.11 Å². The highest BCUT2D eigenvalue weighted by Gasteiger charge is 2.15. The molecule has 0 amide bonds. The highest BCUT2D eigenvalue weighted by atomic mass is 32.2. The Bertz CT molecular complexity index is 380. The predicted molar refractivity (Wildman–Crippen MR) is 73.0 cm³/mol. The van der Waals surface area contributed by atoms with Gasteiger partial charge in [0.25, 0.3) is 0 Å². The zero-order valence-corrected chi connectivity index (χ0v) is 12.0. The average molecular weight is 274 g/mol. The molecule has 0 aliphatic rings. The molecule has 0 aromatic carbocycles. The van der Waals surface area contributed by atoms with Gasteiger partial charge in [0.15, 0.2) is 5.16 Å². The van der Waals surface area contributed by atoms with Crippen LogP contribution >= 0.6 is 23.5 Å². The minimum atomic E-state index is -0.805. The summed E-state index contributed by atoms with van der Waals surface area (Å²) in [6.07, 6.45) is 5.11. The Kier molecular flexibility index (Phi) is 5.91. The van der Waals surface area contributed by atoms with Gasteiger partial charge in [-0.05, 0) is 19.6 Å². The first-order valence-corrected chi connectivity index (χ1v) is 7.85. The molecule has 1 N–H and O–H groups in total. The lowest BCUT2D eigenvalue weighted by Crippen LogP contribution is -2.11. The molecule has 1 aromatic heterocycles. The molecular weight excluding hydrogens is 256 g/mol. The first kappa shape index (κ1) is 14.4. The van der Waals surface area contributed by atoms with Crippen molar-refractivity contribution < 1.29 is 9.90 Å². The number of aliphatic carboxylic acids is 1. The molecular formula is C11H18N2O2S2. The van der Waals surface area contributed by atoms with Crippen LogP contribution in [0.25, 0.3) is 0 Å². The van der Waals surface area contributed by atoms with Gasteiger partial charge in [-0.2, -0.15) is 11.8 Å². The van der Waals surface area contributed by atoms with E-state index < -0.39 is 5.97 Å². The number of hydrogen-bond acceptors (Lipinski definition) is 4. The van der Waals surface area contributed by atoms with Crippen molar-refractivity contribution in [3.63, 3.8) is 0 Å². The van der Waals surface area contributed by atoms with E-state index >= 15 is 0 Å². The second-order valence-electron chi connectivity index (χ2n) is 3.77. The van der Waals surface area contributed by atoms with Crippen molar-refractivity contribution in [3.8, 4) is 0 Å². The van der Waals surface area contributed by atoms with Crippen LogP contribution in [-0.4, -0.2) is 38.4 Å². The molecule has 0 bridgehead atoms. The summed E-state index contributed by atoms with van der Waals surface area (Å²) in [6.45, 7) is 4.08. The van der Waals surface area contributed by atoms with Crippen molar-refractivity contribution in [1.82, 2.24) is 9.55 Å². The van der Waals surface area contributed by atoms with Crippen molar-refractivity contribution in [2.75, 3.05) is 17.8 Å². The van der Waals surface area contributed by atoms with Crippen LogP contribution in [0, 0.1) is 6.92 Å². The summed E-state index contributed by atoms with van der Waals surface area (Å²) in [5.41, 5.74) is 0.942. The molecule has 1 unspecified atom stereocenters. The quantitative estimate of drug-likeness (QED) is 0.775. The minimum absolute atomic E-state index is 0.0617. The maximum absolute atomic E-state index is 10.6. The Morgan fingerprint density at radius 2 is 2.35 bits per heavy atom. The minimum Gasteiger partial charge on any atom is -0.481 e. The summed E-state index contributed by atoms with van der Waals surface area (Å²) in [5, 5.41) is 9.52. The fraction of sp³-hybridized carbons (Fsp3) is 0.636. The largest absolute Gasteiger partial charge is 0.481 e. The molecule has 0 aliphatic heterocycles. The molecule has 4 nitrogen and oxygen atoms in total. The highest BCUT2D eigenvalue weighted by Crippen LogP contribution is 2.25. The summed E-state index contributed by atoms with van der Waals surface area (Å²) in [7, 11) is 0. The normalized spacial score (nSPS) is 12.6. The second kappa shape index (κ2) is 6.96. The molecule has 1 aromatic rings. The van der Waals surface area contributed by atoms with Crippen LogP contribution in [0.4, 0.5) is 0 Å². The van der Waals surface area contributed by atoms with E-state index in [9.17, 15) is 4.79 Å². The van der Waals surface area contributed by atoms with Crippen LogP contribution in [0.2, 0.25) is 0 Å². The number of aryl methyl sites for hydroxylation is 1. The van der Waals surface area contributed by atoms with Crippen LogP contribution in [0.1, 0.15) is 25.1 Å². The number of carboxylic acid groups (broad SMARTS) is 1. The lowest BCUT2D eigenvalue weighted by molar-refractivity contribution is -0.133. The van der Waals surface area contributed by atoms with Crippen LogP contribution in [0.3, 0.4) is 0 Å². The molecule has 0 radical (unpaired) electrons. The first-order valence-electron chi connectivity index (χ1n) is 5.47. The van der Waals surface area contributed by atoms with E-state index in [1.54, 1.807) is 11.8 Å².